The Labute approximate surface area is 229 Å². The van der Waals surface area contributed by atoms with Crippen LogP contribution in [0.15, 0.2) is 36.5 Å². The van der Waals surface area contributed by atoms with E-state index < -0.39 is 47.2 Å². The number of fused-ring (bicyclic) bond motifs is 1. The monoisotopic (exact) mass is 558 g/mol. The van der Waals surface area contributed by atoms with Crippen LogP contribution in [0, 0.1) is 34.7 Å². The van der Waals surface area contributed by atoms with E-state index in [4.69, 9.17) is 4.74 Å². The number of aromatic nitrogens is 1. The van der Waals surface area contributed by atoms with Crippen LogP contribution in [0.3, 0.4) is 0 Å². The van der Waals surface area contributed by atoms with Gasteiger partial charge in [-0.25, -0.2) is 17.6 Å². The summed E-state index contributed by atoms with van der Waals surface area (Å²) in [5, 5.41) is 21.4. The lowest BCUT2D eigenvalue weighted by atomic mass is 9.71. The summed E-state index contributed by atoms with van der Waals surface area (Å²) in [6, 6.07) is 6.31. The first-order valence-electron chi connectivity index (χ1n) is 12.9. The van der Waals surface area contributed by atoms with E-state index in [1.165, 1.54) is 13.3 Å². The molecule has 40 heavy (non-hydrogen) atoms. The average Bonchev–Trinajstić information content (AvgIpc) is 2.92. The molecule has 1 aliphatic rings. The lowest BCUT2D eigenvalue weighted by Crippen LogP contribution is -2.41. The van der Waals surface area contributed by atoms with Crippen LogP contribution >= 0.6 is 0 Å². The molecule has 4 rings (SSSR count). The van der Waals surface area contributed by atoms with Crippen molar-refractivity contribution in [3.63, 3.8) is 0 Å². The van der Waals surface area contributed by atoms with Crippen LogP contribution < -0.4 is 4.74 Å². The van der Waals surface area contributed by atoms with Crippen LogP contribution in [0.2, 0.25) is 0 Å². The number of hydrogen-bond acceptors (Lipinski definition) is 5. The van der Waals surface area contributed by atoms with Crippen LogP contribution in [0.4, 0.5) is 17.6 Å². The second-order valence-corrected chi connectivity index (χ2v) is 10.2. The number of halogens is 4. The zero-order valence-corrected chi connectivity index (χ0v) is 22.0. The predicted octanol–water partition coefficient (Wildman–Crippen LogP) is 5.55. The summed E-state index contributed by atoms with van der Waals surface area (Å²) >= 11 is 0. The normalized spacial score (nSPS) is 15.8. The summed E-state index contributed by atoms with van der Waals surface area (Å²) in [6.45, 7) is 0.385. The predicted molar refractivity (Wildman–Crippen MR) is 141 cm³/mol. The number of aliphatic hydroxyl groups is 1. The van der Waals surface area contributed by atoms with Crippen molar-refractivity contribution < 1.29 is 37.3 Å². The number of nitrogens with zero attached hydrogens (tertiary/aromatic N) is 2. The van der Waals surface area contributed by atoms with Crippen molar-refractivity contribution in [1.29, 1.82) is 0 Å². The van der Waals surface area contributed by atoms with Crippen molar-refractivity contribution in [2.75, 3.05) is 26.7 Å². The van der Waals surface area contributed by atoms with Gasteiger partial charge in [-0.2, -0.15) is 0 Å². The Hall–Kier alpha value is -3.68. The molecular formula is C30H30F4N2O4. The highest BCUT2D eigenvalue weighted by Gasteiger charge is 2.37. The molecule has 0 amide bonds. The molecule has 1 fully saturated rings. The maximum absolute atomic E-state index is 13.9. The van der Waals surface area contributed by atoms with Gasteiger partial charge >= 0.3 is 5.97 Å². The smallest absolute Gasteiger partial charge is 0.303 e. The van der Waals surface area contributed by atoms with Crippen molar-refractivity contribution in [1.82, 2.24) is 9.88 Å². The summed E-state index contributed by atoms with van der Waals surface area (Å²) in [7, 11) is 1.51. The fourth-order valence-electron chi connectivity index (χ4n) is 5.37. The number of carboxylic acids is 1. The third kappa shape index (κ3) is 6.72. The third-order valence-electron chi connectivity index (χ3n) is 7.59. The number of benzene rings is 2. The number of rotatable bonds is 9. The lowest BCUT2D eigenvalue weighted by Gasteiger charge is -2.41. The van der Waals surface area contributed by atoms with E-state index in [-0.39, 0.29) is 24.9 Å². The number of aliphatic hydroxyl groups excluding tert-OH is 1. The molecule has 1 aliphatic heterocycles. The molecule has 1 aromatic heterocycles. The fraction of sp³-hybridized carbons (Fsp3) is 0.400. The molecular weight excluding hydrogens is 528 g/mol. The van der Waals surface area contributed by atoms with Gasteiger partial charge in [-0.1, -0.05) is 11.8 Å². The second kappa shape index (κ2) is 12.7. The maximum Gasteiger partial charge on any atom is 0.303 e. The highest BCUT2D eigenvalue weighted by Crippen LogP contribution is 2.42. The van der Waals surface area contributed by atoms with Gasteiger partial charge in [0.2, 0.25) is 0 Å². The Morgan fingerprint density at radius 2 is 1.88 bits per heavy atom. The number of methoxy groups -OCH3 is 1. The zero-order valence-electron chi connectivity index (χ0n) is 22.0. The number of carbonyl (C=O) groups is 1. The van der Waals surface area contributed by atoms with Crippen LogP contribution in [-0.2, 0) is 11.5 Å². The van der Waals surface area contributed by atoms with Gasteiger partial charge in [-0.05, 0) is 68.0 Å². The standard InChI is InChI=1S/C30H30F4N2O4/c1-40-21-4-5-26-23(15-21)29(19(17-31)18-35-26)27(37)6-7-30(16-28(38)39)8-11-36(12-9-30)10-2-3-22-24(33)13-20(32)14-25(22)34/h4-5,13-15,18,27,37H,6-12,16-17H2,1H3,(H,38,39)/t27-/m0/s1. The molecule has 10 heteroatoms. The number of aliphatic carboxylic acids is 1. The second-order valence-electron chi connectivity index (χ2n) is 10.2. The number of ether oxygens (including phenoxy) is 1. The van der Waals surface area contributed by atoms with Gasteiger partial charge < -0.3 is 14.9 Å². The maximum atomic E-state index is 13.9. The molecule has 1 atom stereocenters. The summed E-state index contributed by atoms with van der Waals surface area (Å²) in [4.78, 5) is 18.0. The number of pyridine rings is 1. The summed E-state index contributed by atoms with van der Waals surface area (Å²) in [5.41, 5.74) is 0.180. The minimum absolute atomic E-state index is 0.0911. The Balaban J connectivity index is 1.46. The number of carboxylic acid groups (broad SMARTS) is 1. The third-order valence-corrected chi connectivity index (χ3v) is 7.59. The van der Waals surface area contributed by atoms with E-state index in [1.807, 2.05) is 4.90 Å². The fourth-order valence-corrected chi connectivity index (χ4v) is 5.37. The molecule has 0 saturated carbocycles. The van der Waals surface area contributed by atoms with Crippen LogP contribution in [0.25, 0.3) is 10.9 Å². The van der Waals surface area contributed by atoms with Crippen molar-refractivity contribution in [3.05, 3.63) is 70.7 Å². The van der Waals surface area contributed by atoms with Gasteiger partial charge in [0.1, 0.15) is 29.9 Å². The van der Waals surface area contributed by atoms with E-state index in [0.717, 1.165) is 0 Å². The number of likely N-dealkylation sites (tertiary alicyclic amines) is 1. The summed E-state index contributed by atoms with van der Waals surface area (Å²) in [6.07, 6.45) is 1.90. The largest absolute Gasteiger partial charge is 0.497 e. The summed E-state index contributed by atoms with van der Waals surface area (Å²) < 4.78 is 60.0. The van der Waals surface area contributed by atoms with Crippen molar-refractivity contribution >= 4 is 16.9 Å². The van der Waals surface area contributed by atoms with Crippen molar-refractivity contribution in [2.45, 2.75) is 44.9 Å². The van der Waals surface area contributed by atoms with Gasteiger partial charge in [-0.15, -0.1) is 0 Å². The molecule has 3 aromatic rings. The molecule has 6 nitrogen and oxygen atoms in total. The number of piperidine rings is 1. The Kier molecular flexibility index (Phi) is 9.28. The van der Waals surface area contributed by atoms with Crippen molar-refractivity contribution in [3.8, 4) is 17.6 Å². The van der Waals surface area contributed by atoms with Crippen LogP contribution in [-0.4, -0.2) is 52.8 Å². The Morgan fingerprint density at radius 1 is 1.18 bits per heavy atom. The molecule has 212 valence electrons. The zero-order chi connectivity index (χ0) is 28.9. The van der Waals surface area contributed by atoms with Gasteiger partial charge in [0.05, 0.1) is 37.3 Å². The molecule has 0 unspecified atom stereocenters. The first kappa shape index (κ1) is 29.3. The summed E-state index contributed by atoms with van der Waals surface area (Å²) in [5.74, 6) is 1.57. The van der Waals surface area contributed by atoms with E-state index in [9.17, 15) is 32.6 Å². The molecule has 0 radical (unpaired) electrons. The molecule has 0 spiro atoms. The lowest BCUT2D eigenvalue weighted by molar-refractivity contribution is -0.141. The van der Waals surface area contributed by atoms with Gasteiger partial charge in [-0.3, -0.25) is 14.7 Å². The minimum atomic E-state index is -1.07. The first-order chi connectivity index (χ1) is 19.1. The van der Waals surface area contributed by atoms with E-state index in [1.54, 1.807) is 18.2 Å². The van der Waals surface area contributed by atoms with Crippen LogP contribution in [0.5, 0.6) is 5.75 Å². The topological polar surface area (TPSA) is 82.9 Å². The first-order valence-corrected chi connectivity index (χ1v) is 12.9. The molecule has 2 N–H and O–H groups in total. The van der Waals surface area contributed by atoms with Crippen molar-refractivity contribution in [2.24, 2.45) is 5.41 Å². The average molecular weight is 559 g/mol. The SMILES string of the molecule is COc1ccc2ncc(CF)c([C@@H](O)CCC3(CC(=O)O)CCN(CC#Cc4c(F)cc(F)cc4F)CC3)c2c1. The van der Waals surface area contributed by atoms with Gasteiger partial charge in [0.15, 0.2) is 0 Å². The Morgan fingerprint density at radius 3 is 2.50 bits per heavy atom. The van der Waals surface area contributed by atoms with E-state index in [0.29, 0.717) is 66.7 Å². The molecule has 1 saturated heterocycles. The van der Waals surface area contributed by atoms with E-state index >= 15 is 0 Å². The molecule has 2 aromatic carbocycles. The molecule has 2 heterocycles. The Bertz CT molecular complexity index is 1420. The number of alkyl halides is 1. The highest BCUT2D eigenvalue weighted by molar-refractivity contribution is 5.85. The van der Waals surface area contributed by atoms with Gasteiger partial charge in [0, 0.05) is 29.3 Å². The number of hydrogen-bond donors (Lipinski definition) is 2. The van der Waals surface area contributed by atoms with Gasteiger partial charge in [0.25, 0.3) is 0 Å². The quantitative estimate of drug-likeness (QED) is 0.265. The molecule has 0 bridgehead atoms. The minimum Gasteiger partial charge on any atom is -0.497 e. The van der Waals surface area contributed by atoms with E-state index in [2.05, 4.69) is 16.8 Å². The van der Waals surface area contributed by atoms with Crippen LogP contribution in [0.1, 0.15) is 54.9 Å². The molecule has 0 aliphatic carbocycles. The highest BCUT2D eigenvalue weighted by atomic mass is 19.1.